The molecule has 4 aromatic carbocycles. The Labute approximate surface area is 175 Å². The maximum absolute atomic E-state index is 4.80. The van der Waals surface area contributed by atoms with E-state index in [0.717, 1.165) is 33.7 Å². The van der Waals surface area contributed by atoms with Crippen LogP contribution in [0.2, 0.25) is 0 Å². The van der Waals surface area contributed by atoms with Gasteiger partial charge in [-0.3, -0.25) is 5.43 Å². The van der Waals surface area contributed by atoms with E-state index in [-0.39, 0.29) is 0 Å². The van der Waals surface area contributed by atoms with E-state index in [1.165, 1.54) is 16.2 Å². The number of aryl methyl sites for hydroxylation is 1. The third-order valence-corrected chi connectivity index (χ3v) is 5.51. The fourth-order valence-electron chi connectivity index (χ4n) is 3.96. The number of anilines is 1. The Morgan fingerprint density at radius 2 is 1.40 bits per heavy atom. The molecule has 0 aliphatic carbocycles. The smallest absolute Gasteiger partial charge is 0.0727 e. The first kappa shape index (κ1) is 18.1. The first-order chi connectivity index (χ1) is 14.7. The van der Waals surface area contributed by atoms with Gasteiger partial charge in [0.2, 0.25) is 0 Å². The van der Waals surface area contributed by atoms with Crippen molar-refractivity contribution in [2.45, 2.75) is 13.8 Å². The fourth-order valence-corrected chi connectivity index (χ4v) is 3.96. The zero-order valence-electron chi connectivity index (χ0n) is 17.0. The number of fused-ring (bicyclic) bond motifs is 2. The monoisotopic (exact) mass is 390 g/mol. The average molecular weight is 390 g/mol. The molecule has 0 amide bonds. The molecule has 0 aliphatic rings. The van der Waals surface area contributed by atoms with Crippen molar-refractivity contribution in [2.75, 3.05) is 5.43 Å². The van der Waals surface area contributed by atoms with Gasteiger partial charge in [-0.2, -0.15) is 10.2 Å². The van der Waals surface area contributed by atoms with Crippen LogP contribution < -0.4 is 5.43 Å². The quantitative estimate of drug-likeness (QED) is 0.291. The number of hydrazone groups is 1. The minimum Gasteiger partial charge on any atom is -0.278 e. The van der Waals surface area contributed by atoms with Gasteiger partial charge in [-0.05, 0) is 36.8 Å². The topological polar surface area (TPSA) is 42.2 Å². The summed E-state index contributed by atoms with van der Waals surface area (Å²) in [5, 5.41) is 14.1. The van der Waals surface area contributed by atoms with Crippen LogP contribution in [-0.2, 0) is 0 Å². The van der Waals surface area contributed by atoms with Gasteiger partial charge in [0.05, 0.1) is 29.0 Å². The average Bonchev–Trinajstić information content (AvgIpc) is 3.07. The molecule has 0 atom stereocenters. The summed E-state index contributed by atoms with van der Waals surface area (Å²) in [5.41, 5.74) is 8.30. The Hall–Kier alpha value is -3.92. The Morgan fingerprint density at radius 1 is 0.767 bits per heavy atom. The second-order valence-corrected chi connectivity index (χ2v) is 7.39. The first-order valence-electron chi connectivity index (χ1n) is 10.0. The van der Waals surface area contributed by atoms with E-state index >= 15 is 0 Å². The van der Waals surface area contributed by atoms with Gasteiger partial charge in [-0.25, -0.2) is 4.68 Å². The second kappa shape index (κ2) is 7.48. The predicted molar refractivity (Wildman–Crippen MR) is 126 cm³/mol. The maximum atomic E-state index is 4.80. The number of hydrogen-bond donors (Lipinski definition) is 1. The van der Waals surface area contributed by atoms with Gasteiger partial charge in [0.15, 0.2) is 0 Å². The normalized spacial score (nSPS) is 11.5. The minimum atomic E-state index is 0.948. The zero-order chi connectivity index (χ0) is 20.5. The van der Waals surface area contributed by atoms with Crippen LogP contribution in [0.25, 0.3) is 27.2 Å². The van der Waals surface area contributed by atoms with E-state index in [4.69, 9.17) is 5.10 Å². The SMILES string of the molecule is Cc1nn(-c2cccc3ccccc23)c(C)c1/C=N\Nc1cccc2ccccc12. The predicted octanol–water partition coefficient (Wildman–Crippen LogP) is 6.24. The molecule has 4 heteroatoms. The highest BCUT2D eigenvalue weighted by molar-refractivity contribution is 5.94. The van der Waals surface area contributed by atoms with Crippen LogP contribution in [0.15, 0.2) is 90.0 Å². The van der Waals surface area contributed by atoms with Crippen molar-refractivity contribution in [3.05, 3.63) is 102 Å². The molecule has 30 heavy (non-hydrogen) atoms. The van der Waals surface area contributed by atoms with E-state index in [0.29, 0.717) is 0 Å². The van der Waals surface area contributed by atoms with E-state index in [1.807, 2.05) is 42.1 Å². The lowest BCUT2D eigenvalue weighted by Crippen LogP contribution is -2.00. The Bertz CT molecular complexity index is 1380. The van der Waals surface area contributed by atoms with E-state index in [1.54, 1.807) is 0 Å². The molecule has 0 unspecified atom stereocenters. The third-order valence-electron chi connectivity index (χ3n) is 5.51. The number of aromatic nitrogens is 2. The molecule has 5 aromatic rings. The van der Waals surface area contributed by atoms with Gasteiger partial charge >= 0.3 is 0 Å². The first-order valence-corrected chi connectivity index (χ1v) is 10.0. The summed E-state index contributed by atoms with van der Waals surface area (Å²) in [7, 11) is 0. The number of nitrogens with zero attached hydrogens (tertiary/aromatic N) is 3. The van der Waals surface area contributed by atoms with Crippen molar-refractivity contribution in [1.82, 2.24) is 9.78 Å². The van der Waals surface area contributed by atoms with Crippen molar-refractivity contribution < 1.29 is 0 Å². The maximum Gasteiger partial charge on any atom is 0.0727 e. The molecule has 1 N–H and O–H groups in total. The molecule has 0 aliphatic heterocycles. The Balaban J connectivity index is 1.50. The highest BCUT2D eigenvalue weighted by Crippen LogP contribution is 2.25. The van der Waals surface area contributed by atoms with Crippen LogP contribution in [0, 0.1) is 13.8 Å². The molecule has 0 bridgehead atoms. The molecule has 5 rings (SSSR count). The van der Waals surface area contributed by atoms with Gasteiger partial charge in [0.1, 0.15) is 0 Å². The minimum absolute atomic E-state index is 0.948. The van der Waals surface area contributed by atoms with Crippen LogP contribution in [0.3, 0.4) is 0 Å². The molecule has 146 valence electrons. The Morgan fingerprint density at radius 3 is 2.20 bits per heavy atom. The number of hydrogen-bond acceptors (Lipinski definition) is 3. The van der Waals surface area contributed by atoms with Crippen LogP contribution >= 0.6 is 0 Å². The van der Waals surface area contributed by atoms with E-state index < -0.39 is 0 Å². The van der Waals surface area contributed by atoms with Gasteiger partial charge in [-0.15, -0.1) is 0 Å². The fraction of sp³-hybridized carbons (Fsp3) is 0.0769. The van der Waals surface area contributed by atoms with Gasteiger partial charge in [0.25, 0.3) is 0 Å². The largest absolute Gasteiger partial charge is 0.278 e. The van der Waals surface area contributed by atoms with E-state index in [2.05, 4.69) is 78.1 Å². The zero-order valence-corrected chi connectivity index (χ0v) is 17.0. The van der Waals surface area contributed by atoms with E-state index in [9.17, 15) is 0 Å². The van der Waals surface area contributed by atoms with Gasteiger partial charge in [0, 0.05) is 16.3 Å². The summed E-state index contributed by atoms with van der Waals surface area (Å²) in [6.45, 7) is 4.11. The summed E-state index contributed by atoms with van der Waals surface area (Å²) < 4.78 is 2.01. The van der Waals surface area contributed by atoms with Crippen molar-refractivity contribution in [1.29, 1.82) is 0 Å². The molecule has 0 radical (unpaired) electrons. The Kier molecular flexibility index (Phi) is 4.52. The lowest BCUT2D eigenvalue weighted by atomic mass is 10.1. The van der Waals surface area contributed by atoms with Crippen molar-refractivity contribution in [3.8, 4) is 5.69 Å². The van der Waals surface area contributed by atoms with Crippen LogP contribution in [0.4, 0.5) is 5.69 Å². The number of benzene rings is 4. The van der Waals surface area contributed by atoms with Gasteiger partial charge < -0.3 is 0 Å². The second-order valence-electron chi connectivity index (χ2n) is 7.39. The number of rotatable bonds is 4. The molecule has 0 spiro atoms. The summed E-state index contributed by atoms with van der Waals surface area (Å²) in [5.74, 6) is 0. The standard InChI is InChI=1S/C26H22N4/c1-18-24(17-27-28-25-15-7-11-20-9-3-5-13-22(20)25)19(2)30(29-18)26-16-8-12-21-10-4-6-14-23(21)26/h3-17,28H,1-2H3/b27-17-. The lowest BCUT2D eigenvalue weighted by Gasteiger charge is -2.08. The molecule has 4 nitrogen and oxygen atoms in total. The van der Waals surface area contributed by atoms with Crippen molar-refractivity contribution in [2.24, 2.45) is 5.10 Å². The molecule has 0 fully saturated rings. The molecule has 0 saturated carbocycles. The van der Waals surface area contributed by atoms with Crippen LogP contribution in [0.1, 0.15) is 17.0 Å². The number of nitrogens with one attached hydrogen (secondary N) is 1. The molecular formula is C26H22N4. The molecule has 1 aromatic heterocycles. The summed E-state index contributed by atoms with van der Waals surface area (Å²) in [6.07, 6.45) is 1.86. The highest BCUT2D eigenvalue weighted by atomic mass is 15.3. The molecular weight excluding hydrogens is 368 g/mol. The lowest BCUT2D eigenvalue weighted by molar-refractivity contribution is 0.839. The summed E-state index contributed by atoms with van der Waals surface area (Å²) >= 11 is 0. The third kappa shape index (κ3) is 3.12. The molecule has 1 heterocycles. The van der Waals surface area contributed by atoms with Crippen molar-refractivity contribution >= 4 is 33.4 Å². The van der Waals surface area contributed by atoms with Gasteiger partial charge in [-0.1, -0.05) is 72.8 Å². The van der Waals surface area contributed by atoms with Crippen LogP contribution in [-0.4, -0.2) is 16.0 Å². The summed E-state index contributed by atoms with van der Waals surface area (Å²) in [6, 6.07) is 29.2. The van der Waals surface area contributed by atoms with Crippen molar-refractivity contribution in [3.63, 3.8) is 0 Å². The highest BCUT2D eigenvalue weighted by Gasteiger charge is 2.13. The summed E-state index contributed by atoms with van der Waals surface area (Å²) in [4.78, 5) is 0. The molecule has 0 saturated heterocycles. The van der Waals surface area contributed by atoms with Crippen LogP contribution in [0.5, 0.6) is 0 Å².